The molecule has 0 spiro atoms. The Labute approximate surface area is 270 Å². The van der Waals surface area contributed by atoms with Crippen molar-refractivity contribution in [3.05, 3.63) is 36.5 Å². The van der Waals surface area contributed by atoms with Crippen molar-refractivity contribution >= 4 is 16.0 Å². The molecule has 7 nitrogen and oxygen atoms in total. The highest BCUT2D eigenvalue weighted by Gasteiger charge is 2.27. The molecule has 4 N–H and O–H groups in total. The standard InChI is InChI=1S/C36H67NO6S/c1-3-5-7-9-11-13-15-16-17-18-19-20-21-23-24-26-28-30-34(38)33(32-44(41,42)43)37-36(40)35(39)31-29-27-25-22-14-12-10-8-6-4-2/h17-18,21,23,28,30,33-35,38-39H,3-16,19-20,22,24-27,29,31-32H2,1-2H3,(H,37,40)(H,41,42,43)/b18-17+,23-21+,30-28+. The van der Waals surface area contributed by atoms with Crippen LogP contribution >= 0.6 is 0 Å². The fourth-order valence-corrected chi connectivity index (χ4v) is 5.87. The molecular weight excluding hydrogens is 574 g/mol. The van der Waals surface area contributed by atoms with Crippen LogP contribution in [0.3, 0.4) is 0 Å². The highest BCUT2D eigenvalue weighted by Crippen LogP contribution is 2.13. The molecule has 1 amide bonds. The van der Waals surface area contributed by atoms with E-state index >= 15 is 0 Å². The molecule has 3 atom stereocenters. The molecule has 258 valence electrons. The van der Waals surface area contributed by atoms with Crippen molar-refractivity contribution in [3.63, 3.8) is 0 Å². The maximum Gasteiger partial charge on any atom is 0.267 e. The summed E-state index contributed by atoms with van der Waals surface area (Å²) in [4.78, 5) is 12.5. The van der Waals surface area contributed by atoms with Gasteiger partial charge >= 0.3 is 0 Å². The van der Waals surface area contributed by atoms with Crippen LogP contribution in [0.4, 0.5) is 0 Å². The number of unbranched alkanes of at least 4 members (excludes halogenated alkanes) is 18. The quantitative estimate of drug-likeness (QED) is 0.0341. The number of allylic oxidation sites excluding steroid dienone is 5. The van der Waals surface area contributed by atoms with Gasteiger partial charge < -0.3 is 15.5 Å². The second-order valence-corrected chi connectivity index (χ2v) is 13.8. The van der Waals surface area contributed by atoms with Crippen LogP contribution in [0.25, 0.3) is 0 Å². The van der Waals surface area contributed by atoms with E-state index in [9.17, 15) is 28.0 Å². The minimum atomic E-state index is -4.45. The lowest BCUT2D eigenvalue weighted by atomic mass is 10.0. The third-order valence-corrected chi connectivity index (χ3v) is 8.69. The summed E-state index contributed by atoms with van der Waals surface area (Å²) in [5.74, 6) is -1.57. The molecule has 8 heteroatoms. The lowest BCUT2D eigenvalue weighted by Crippen LogP contribution is -2.50. The predicted molar refractivity (Wildman–Crippen MR) is 185 cm³/mol. The number of carbonyl (C=O) groups is 1. The molecule has 0 aliphatic heterocycles. The molecule has 0 rings (SSSR count). The van der Waals surface area contributed by atoms with E-state index in [1.807, 2.05) is 0 Å². The molecule has 0 aromatic heterocycles. The topological polar surface area (TPSA) is 124 Å². The highest BCUT2D eigenvalue weighted by molar-refractivity contribution is 7.85. The molecule has 0 aliphatic carbocycles. The van der Waals surface area contributed by atoms with Crippen molar-refractivity contribution in [2.45, 2.75) is 180 Å². The van der Waals surface area contributed by atoms with E-state index in [1.165, 1.54) is 89.5 Å². The Bertz CT molecular complexity index is 855. The number of hydrogen-bond donors (Lipinski definition) is 4. The molecule has 0 saturated carbocycles. The van der Waals surface area contributed by atoms with Crippen LogP contribution in [0.1, 0.15) is 162 Å². The fourth-order valence-electron chi connectivity index (χ4n) is 5.13. The number of carbonyl (C=O) groups excluding carboxylic acids is 1. The van der Waals surface area contributed by atoms with Crippen molar-refractivity contribution in [1.29, 1.82) is 0 Å². The predicted octanol–water partition coefficient (Wildman–Crippen LogP) is 8.76. The second-order valence-electron chi connectivity index (χ2n) is 12.3. The first-order chi connectivity index (χ1) is 21.2. The van der Waals surface area contributed by atoms with Crippen LogP contribution in [0.15, 0.2) is 36.5 Å². The SMILES string of the molecule is CCCCCCCCC/C=C/CC/C=C/CC/C=C/C(O)C(CS(=O)(=O)O)NC(=O)C(O)CCCCCCCCCCCC. The largest absolute Gasteiger partial charge is 0.387 e. The summed E-state index contributed by atoms with van der Waals surface area (Å²) in [7, 11) is -4.45. The number of aliphatic hydroxyl groups is 2. The summed E-state index contributed by atoms with van der Waals surface area (Å²) in [5, 5.41) is 23.2. The van der Waals surface area contributed by atoms with Crippen molar-refractivity contribution in [2.24, 2.45) is 0 Å². The summed E-state index contributed by atoms with van der Waals surface area (Å²) < 4.78 is 32.3. The first kappa shape index (κ1) is 42.5. The Kier molecular flexibility index (Phi) is 29.2. The average molecular weight is 642 g/mol. The Morgan fingerprint density at radius 1 is 0.614 bits per heavy atom. The fraction of sp³-hybridized carbons (Fsp3) is 0.806. The van der Waals surface area contributed by atoms with E-state index in [-0.39, 0.29) is 6.42 Å². The molecule has 0 aliphatic rings. The van der Waals surface area contributed by atoms with Gasteiger partial charge in [-0.15, -0.1) is 0 Å². The summed E-state index contributed by atoms with van der Waals surface area (Å²) in [6.45, 7) is 4.46. The smallest absolute Gasteiger partial charge is 0.267 e. The minimum absolute atomic E-state index is 0.272. The molecule has 0 bridgehead atoms. The first-order valence-corrected chi connectivity index (χ1v) is 19.4. The second kappa shape index (κ2) is 30.2. The van der Waals surface area contributed by atoms with E-state index < -0.39 is 40.0 Å². The summed E-state index contributed by atoms with van der Waals surface area (Å²) in [6.07, 6.45) is 34.9. The van der Waals surface area contributed by atoms with Crippen LogP contribution in [0.5, 0.6) is 0 Å². The van der Waals surface area contributed by atoms with Gasteiger partial charge in [-0.3, -0.25) is 9.35 Å². The van der Waals surface area contributed by atoms with Gasteiger partial charge in [0.2, 0.25) is 5.91 Å². The Balaban J connectivity index is 4.23. The Hall–Kier alpha value is -1.48. The van der Waals surface area contributed by atoms with E-state index in [4.69, 9.17) is 0 Å². The van der Waals surface area contributed by atoms with E-state index in [2.05, 4.69) is 43.5 Å². The van der Waals surface area contributed by atoms with Gasteiger partial charge in [-0.25, -0.2) is 0 Å². The van der Waals surface area contributed by atoms with Crippen LogP contribution in [-0.4, -0.2) is 53.1 Å². The highest BCUT2D eigenvalue weighted by atomic mass is 32.2. The lowest BCUT2D eigenvalue weighted by molar-refractivity contribution is -0.130. The number of nitrogens with one attached hydrogen (secondary N) is 1. The Morgan fingerprint density at radius 2 is 1.02 bits per heavy atom. The zero-order valence-corrected chi connectivity index (χ0v) is 29.0. The van der Waals surface area contributed by atoms with Gasteiger partial charge in [-0.2, -0.15) is 8.42 Å². The van der Waals surface area contributed by atoms with Gasteiger partial charge in [0.1, 0.15) is 6.10 Å². The molecule has 0 radical (unpaired) electrons. The summed E-state index contributed by atoms with van der Waals surface area (Å²) >= 11 is 0. The monoisotopic (exact) mass is 641 g/mol. The lowest BCUT2D eigenvalue weighted by Gasteiger charge is -2.22. The molecule has 44 heavy (non-hydrogen) atoms. The van der Waals surface area contributed by atoms with Gasteiger partial charge in [-0.1, -0.05) is 153 Å². The normalized spacial score (nSPS) is 14.6. The molecule has 3 unspecified atom stereocenters. The van der Waals surface area contributed by atoms with Gasteiger partial charge in [0.15, 0.2) is 0 Å². The van der Waals surface area contributed by atoms with E-state index in [0.717, 1.165) is 44.9 Å². The Morgan fingerprint density at radius 3 is 1.50 bits per heavy atom. The van der Waals surface area contributed by atoms with Crippen LogP contribution in [-0.2, 0) is 14.9 Å². The molecule has 0 heterocycles. The molecule has 0 saturated heterocycles. The van der Waals surface area contributed by atoms with Gasteiger partial charge in [-0.05, 0) is 44.9 Å². The molecule has 0 aromatic rings. The van der Waals surface area contributed by atoms with Crippen LogP contribution < -0.4 is 5.32 Å². The van der Waals surface area contributed by atoms with E-state index in [0.29, 0.717) is 12.8 Å². The van der Waals surface area contributed by atoms with Gasteiger partial charge in [0.25, 0.3) is 10.1 Å². The number of aliphatic hydroxyl groups excluding tert-OH is 2. The molecular formula is C36H67NO6S. The van der Waals surface area contributed by atoms with Crippen molar-refractivity contribution in [3.8, 4) is 0 Å². The van der Waals surface area contributed by atoms with Crippen molar-refractivity contribution in [1.82, 2.24) is 5.32 Å². The van der Waals surface area contributed by atoms with Crippen molar-refractivity contribution in [2.75, 3.05) is 5.75 Å². The van der Waals surface area contributed by atoms with Gasteiger partial charge in [0.05, 0.1) is 17.9 Å². The zero-order valence-electron chi connectivity index (χ0n) is 28.1. The van der Waals surface area contributed by atoms with Gasteiger partial charge in [0, 0.05) is 0 Å². The van der Waals surface area contributed by atoms with Crippen molar-refractivity contribution < 1.29 is 28.0 Å². The van der Waals surface area contributed by atoms with E-state index in [1.54, 1.807) is 6.08 Å². The third kappa shape index (κ3) is 29.2. The number of amides is 1. The first-order valence-electron chi connectivity index (χ1n) is 17.8. The summed E-state index contributed by atoms with van der Waals surface area (Å²) in [6, 6.07) is -1.25. The summed E-state index contributed by atoms with van der Waals surface area (Å²) in [5.41, 5.74) is 0. The van der Waals surface area contributed by atoms with Crippen LogP contribution in [0, 0.1) is 0 Å². The number of hydrogen-bond acceptors (Lipinski definition) is 5. The maximum atomic E-state index is 12.5. The zero-order chi connectivity index (χ0) is 32.7. The molecule has 0 fully saturated rings. The maximum absolute atomic E-state index is 12.5. The third-order valence-electron chi connectivity index (χ3n) is 7.90. The van der Waals surface area contributed by atoms with Crippen LogP contribution in [0.2, 0.25) is 0 Å². The number of rotatable bonds is 31. The minimum Gasteiger partial charge on any atom is -0.387 e. The average Bonchev–Trinajstić information content (AvgIpc) is 2.98. The molecule has 0 aromatic carbocycles.